The van der Waals surface area contributed by atoms with Crippen LogP contribution in [0, 0.1) is 20.2 Å². The summed E-state index contributed by atoms with van der Waals surface area (Å²) in [7, 11) is 0. The van der Waals surface area contributed by atoms with Crippen LogP contribution >= 0.6 is 11.6 Å². The fourth-order valence-corrected chi connectivity index (χ4v) is 2.28. The van der Waals surface area contributed by atoms with Gasteiger partial charge in [-0.05, 0) is 12.5 Å². The lowest BCUT2D eigenvalue weighted by atomic mass is 10.1. The van der Waals surface area contributed by atoms with Crippen molar-refractivity contribution in [3.05, 3.63) is 73.3 Å². The molecule has 0 aliphatic heterocycles. The summed E-state index contributed by atoms with van der Waals surface area (Å²) < 4.78 is 4.93. The van der Waals surface area contributed by atoms with Crippen LogP contribution in [0.25, 0.3) is 0 Å². The molecular weight excluding hydrogens is 354 g/mol. The van der Waals surface area contributed by atoms with E-state index in [0.29, 0.717) is 0 Å². The predicted molar refractivity (Wildman–Crippen MR) is 88.8 cm³/mol. The fourth-order valence-electron chi connectivity index (χ4n) is 2.03. The molecule has 1 atom stereocenters. The molecule has 130 valence electrons. The summed E-state index contributed by atoms with van der Waals surface area (Å²) in [5, 5.41) is 23.8. The number of ether oxygens (including phenoxy) is 1. The normalized spacial score (nSPS) is 11.4. The van der Waals surface area contributed by atoms with E-state index in [1.807, 2.05) is 6.07 Å². The average Bonchev–Trinajstić information content (AvgIpc) is 2.56. The Bertz CT molecular complexity index is 792. The van der Waals surface area contributed by atoms with Crippen LogP contribution in [-0.2, 0) is 0 Å². The van der Waals surface area contributed by atoms with Crippen LogP contribution in [-0.4, -0.2) is 15.9 Å². The van der Waals surface area contributed by atoms with E-state index in [0.717, 1.165) is 17.7 Å². The summed E-state index contributed by atoms with van der Waals surface area (Å²) in [6.07, 6.45) is -0.915. The second-order valence-corrected chi connectivity index (χ2v) is 5.33. The molecule has 0 unspecified atom stereocenters. The Hall–Kier alpha value is -3.20. The minimum Gasteiger partial charge on any atom is -0.410 e. The number of carbonyl (C=O) groups is 1. The molecule has 0 aromatic heterocycles. The van der Waals surface area contributed by atoms with Crippen molar-refractivity contribution in [3.8, 4) is 5.75 Å². The van der Waals surface area contributed by atoms with Crippen LogP contribution in [0.15, 0.2) is 42.5 Å². The lowest BCUT2D eigenvalue weighted by Crippen LogP contribution is -2.29. The van der Waals surface area contributed by atoms with Crippen LogP contribution in [0.5, 0.6) is 5.75 Å². The van der Waals surface area contributed by atoms with E-state index >= 15 is 0 Å². The molecule has 2 aromatic carbocycles. The number of nitrogens with one attached hydrogen (secondary N) is 1. The monoisotopic (exact) mass is 365 g/mol. The highest BCUT2D eigenvalue weighted by molar-refractivity contribution is 6.34. The molecule has 10 heteroatoms. The maximum absolute atomic E-state index is 11.9. The fraction of sp³-hybridized carbons (Fsp3) is 0.133. The standard InChI is InChI=1S/C15H12ClN3O6/c1-9(10-5-3-2-4-6-10)17-15(20)25-11-7-12(18(21)22)14(16)13(8-11)19(23)24/h2-9H,1H3,(H,17,20)/t9-/m1/s1. The maximum atomic E-state index is 11.9. The zero-order valence-corrected chi connectivity index (χ0v) is 13.6. The van der Waals surface area contributed by atoms with Crippen molar-refractivity contribution in [2.45, 2.75) is 13.0 Å². The summed E-state index contributed by atoms with van der Waals surface area (Å²) in [6.45, 7) is 1.71. The van der Waals surface area contributed by atoms with Gasteiger partial charge in [-0.3, -0.25) is 20.2 Å². The van der Waals surface area contributed by atoms with Crippen LogP contribution in [0.1, 0.15) is 18.5 Å². The van der Waals surface area contributed by atoms with Gasteiger partial charge in [0.05, 0.1) is 28.0 Å². The van der Waals surface area contributed by atoms with Gasteiger partial charge in [-0.15, -0.1) is 0 Å². The minimum absolute atomic E-state index is 0.361. The van der Waals surface area contributed by atoms with Crippen molar-refractivity contribution in [3.63, 3.8) is 0 Å². The van der Waals surface area contributed by atoms with Crippen LogP contribution in [0.3, 0.4) is 0 Å². The summed E-state index contributed by atoms with van der Waals surface area (Å²) in [4.78, 5) is 32.0. The van der Waals surface area contributed by atoms with Gasteiger partial charge in [0.15, 0.2) is 5.02 Å². The predicted octanol–water partition coefficient (Wildman–Crippen LogP) is 4.01. The number of nitro benzene ring substituents is 2. The Morgan fingerprint density at radius 2 is 1.64 bits per heavy atom. The molecule has 0 aliphatic carbocycles. The zero-order valence-electron chi connectivity index (χ0n) is 12.8. The van der Waals surface area contributed by atoms with E-state index < -0.39 is 38.4 Å². The Kier molecular flexibility index (Phi) is 5.50. The molecule has 0 spiro atoms. The molecule has 0 heterocycles. The molecule has 0 aliphatic rings. The van der Waals surface area contributed by atoms with Gasteiger partial charge >= 0.3 is 6.09 Å². The highest BCUT2D eigenvalue weighted by atomic mass is 35.5. The van der Waals surface area contributed by atoms with Gasteiger partial charge < -0.3 is 10.1 Å². The Morgan fingerprint density at radius 1 is 1.12 bits per heavy atom. The minimum atomic E-state index is -0.915. The highest BCUT2D eigenvalue weighted by Crippen LogP contribution is 2.37. The lowest BCUT2D eigenvalue weighted by Gasteiger charge is -2.14. The smallest absolute Gasteiger partial charge is 0.410 e. The molecule has 1 N–H and O–H groups in total. The van der Waals surface area contributed by atoms with Gasteiger partial charge in [0.25, 0.3) is 11.4 Å². The van der Waals surface area contributed by atoms with Gasteiger partial charge in [0.2, 0.25) is 0 Å². The van der Waals surface area contributed by atoms with Gasteiger partial charge in [-0.25, -0.2) is 4.79 Å². The van der Waals surface area contributed by atoms with Gasteiger partial charge in [-0.1, -0.05) is 41.9 Å². The average molecular weight is 366 g/mol. The second kappa shape index (κ2) is 7.58. The molecule has 0 saturated heterocycles. The van der Waals surface area contributed by atoms with Crippen LogP contribution < -0.4 is 10.1 Å². The van der Waals surface area contributed by atoms with Crippen LogP contribution in [0.4, 0.5) is 16.2 Å². The number of rotatable bonds is 5. The van der Waals surface area contributed by atoms with E-state index in [9.17, 15) is 25.0 Å². The van der Waals surface area contributed by atoms with Crippen molar-refractivity contribution in [2.24, 2.45) is 0 Å². The summed E-state index contributed by atoms with van der Waals surface area (Å²) >= 11 is 5.63. The zero-order chi connectivity index (χ0) is 18.6. The third kappa shape index (κ3) is 4.42. The molecule has 1 amide bonds. The molecule has 2 rings (SSSR count). The largest absolute Gasteiger partial charge is 0.413 e. The molecule has 2 aromatic rings. The molecule has 0 saturated carbocycles. The lowest BCUT2D eigenvalue weighted by molar-refractivity contribution is -0.394. The first-order valence-corrected chi connectivity index (χ1v) is 7.33. The molecular formula is C15H12ClN3O6. The first-order valence-electron chi connectivity index (χ1n) is 6.95. The van der Waals surface area contributed by atoms with E-state index in [-0.39, 0.29) is 5.75 Å². The molecule has 0 bridgehead atoms. The third-order valence-corrected chi connectivity index (χ3v) is 3.63. The number of halogens is 1. The van der Waals surface area contributed by atoms with Crippen molar-refractivity contribution >= 4 is 29.1 Å². The number of amides is 1. The first kappa shape index (κ1) is 18.1. The number of benzene rings is 2. The number of nitro groups is 2. The Labute approximate surface area is 146 Å². The number of nitrogens with zero attached hydrogens (tertiary/aromatic N) is 2. The Balaban J connectivity index is 2.20. The van der Waals surface area contributed by atoms with Crippen LogP contribution in [0.2, 0.25) is 5.02 Å². The number of hydrogen-bond donors (Lipinski definition) is 1. The van der Waals surface area contributed by atoms with Crippen molar-refractivity contribution in [1.82, 2.24) is 5.32 Å². The molecule has 0 radical (unpaired) electrons. The third-order valence-electron chi connectivity index (χ3n) is 3.25. The second-order valence-electron chi connectivity index (χ2n) is 4.96. The summed E-state index contributed by atoms with van der Waals surface area (Å²) in [5.74, 6) is -0.361. The first-order chi connectivity index (χ1) is 11.8. The summed E-state index contributed by atoms with van der Waals surface area (Å²) in [6, 6.07) is 10.3. The topological polar surface area (TPSA) is 125 Å². The van der Waals surface area contributed by atoms with Gasteiger partial charge in [0.1, 0.15) is 5.75 Å². The maximum Gasteiger partial charge on any atom is 0.413 e. The van der Waals surface area contributed by atoms with Gasteiger partial charge in [0, 0.05) is 0 Å². The number of hydrogen-bond acceptors (Lipinski definition) is 6. The van der Waals surface area contributed by atoms with E-state index in [1.165, 1.54) is 0 Å². The van der Waals surface area contributed by atoms with E-state index in [1.54, 1.807) is 31.2 Å². The van der Waals surface area contributed by atoms with Gasteiger partial charge in [-0.2, -0.15) is 0 Å². The van der Waals surface area contributed by atoms with Crippen molar-refractivity contribution in [1.29, 1.82) is 0 Å². The molecule has 0 fully saturated rings. The molecule has 9 nitrogen and oxygen atoms in total. The Morgan fingerprint density at radius 3 is 2.12 bits per heavy atom. The van der Waals surface area contributed by atoms with Crippen molar-refractivity contribution < 1.29 is 19.4 Å². The van der Waals surface area contributed by atoms with E-state index in [2.05, 4.69) is 5.32 Å². The SMILES string of the molecule is C[C@@H](NC(=O)Oc1cc([N+](=O)[O-])c(Cl)c([N+](=O)[O-])c1)c1ccccc1. The summed E-state index contributed by atoms with van der Waals surface area (Å²) in [5.41, 5.74) is -0.642. The quantitative estimate of drug-likeness (QED) is 0.630. The van der Waals surface area contributed by atoms with Crippen molar-refractivity contribution in [2.75, 3.05) is 0 Å². The highest BCUT2D eigenvalue weighted by Gasteiger charge is 2.26. The molecule has 25 heavy (non-hydrogen) atoms. The number of carbonyl (C=O) groups excluding carboxylic acids is 1. The van der Waals surface area contributed by atoms with E-state index in [4.69, 9.17) is 16.3 Å².